The predicted octanol–water partition coefficient (Wildman–Crippen LogP) is 6.55. The van der Waals surface area contributed by atoms with Crippen molar-refractivity contribution in [2.75, 3.05) is 6.61 Å². The molecule has 1 fully saturated rings. The predicted molar refractivity (Wildman–Crippen MR) is 118 cm³/mol. The van der Waals surface area contributed by atoms with Crippen LogP contribution in [-0.4, -0.2) is 17.7 Å². The van der Waals surface area contributed by atoms with Crippen LogP contribution in [0.15, 0.2) is 29.3 Å². The molecule has 0 radical (unpaired) electrons. The van der Waals surface area contributed by atoms with E-state index in [1.165, 1.54) is 63.9 Å². The SMILES string of the molecule is CC(F)(P)c1cc(OCC2=C(C3CCCC3)CCCCC2)ccc1CCC(=O)O. The van der Waals surface area contributed by atoms with E-state index < -0.39 is 11.4 Å². The van der Waals surface area contributed by atoms with Crippen LogP contribution in [0, 0.1) is 5.92 Å². The Morgan fingerprint density at radius 3 is 2.62 bits per heavy atom. The summed E-state index contributed by atoms with van der Waals surface area (Å²) in [6, 6.07) is 5.41. The summed E-state index contributed by atoms with van der Waals surface area (Å²) >= 11 is 0. The van der Waals surface area contributed by atoms with Gasteiger partial charge in [-0.1, -0.05) is 40.1 Å². The second-order valence-electron chi connectivity index (χ2n) is 8.75. The molecule has 0 heterocycles. The number of halogens is 1. The molecular formula is C24H34FO3P. The topological polar surface area (TPSA) is 46.5 Å². The van der Waals surface area contributed by atoms with Crippen molar-refractivity contribution in [3.05, 3.63) is 40.5 Å². The molecule has 0 aliphatic heterocycles. The van der Waals surface area contributed by atoms with Gasteiger partial charge in [0.1, 0.15) is 17.8 Å². The average molecular weight is 421 g/mol. The highest BCUT2D eigenvalue weighted by Gasteiger charge is 2.25. The first-order valence-corrected chi connectivity index (χ1v) is 11.6. The van der Waals surface area contributed by atoms with Gasteiger partial charge in [-0.15, -0.1) is 0 Å². The quantitative estimate of drug-likeness (QED) is 0.383. The smallest absolute Gasteiger partial charge is 0.303 e. The normalized spacial score (nSPS) is 20.4. The summed E-state index contributed by atoms with van der Waals surface area (Å²) in [5.41, 5.74) is 4.31. The van der Waals surface area contributed by atoms with Crippen LogP contribution in [0.4, 0.5) is 4.39 Å². The van der Waals surface area contributed by atoms with E-state index in [0.29, 0.717) is 24.3 Å². The Morgan fingerprint density at radius 1 is 1.21 bits per heavy atom. The average Bonchev–Trinajstić information content (AvgIpc) is 3.10. The molecule has 3 rings (SSSR count). The number of rotatable bonds is 8. The Bertz CT molecular complexity index is 745. The van der Waals surface area contributed by atoms with Gasteiger partial charge in [-0.25, -0.2) is 4.39 Å². The maximum Gasteiger partial charge on any atom is 0.303 e. The number of carbonyl (C=O) groups is 1. The molecule has 0 bridgehead atoms. The molecule has 0 saturated heterocycles. The molecule has 29 heavy (non-hydrogen) atoms. The lowest BCUT2D eigenvalue weighted by Crippen LogP contribution is -2.12. The zero-order valence-corrected chi connectivity index (χ0v) is 18.7. The molecule has 2 aliphatic carbocycles. The molecule has 2 aliphatic rings. The van der Waals surface area contributed by atoms with Gasteiger partial charge in [-0.2, -0.15) is 0 Å². The van der Waals surface area contributed by atoms with Gasteiger partial charge in [0, 0.05) is 6.42 Å². The van der Waals surface area contributed by atoms with Crippen molar-refractivity contribution in [3.63, 3.8) is 0 Å². The van der Waals surface area contributed by atoms with E-state index in [9.17, 15) is 9.18 Å². The number of aliphatic carboxylic acids is 1. The Labute approximate surface area is 176 Å². The van der Waals surface area contributed by atoms with Crippen molar-refractivity contribution in [3.8, 4) is 5.75 Å². The first-order chi connectivity index (χ1) is 13.8. The van der Waals surface area contributed by atoms with Gasteiger partial charge >= 0.3 is 5.97 Å². The largest absolute Gasteiger partial charge is 0.489 e. The highest BCUT2D eigenvalue weighted by molar-refractivity contribution is 7.18. The summed E-state index contributed by atoms with van der Waals surface area (Å²) in [5, 5.41) is 7.34. The second-order valence-corrected chi connectivity index (χ2v) is 9.83. The van der Waals surface area contributed by atoms with E-state index in [4.69, 9.17) is 9.84 Å². The zero-order valence-electron chi connectivity index (χ0n) is 17.5. The first-order valence-electron chi connectivity index (χ1n) is 11.0. The lowest BCUT2D eigenvalue weighted by molar-refractivity contribution is -0.136. The third kappa shape index (κ3) is 6.28. The molecule has 160 valence electrons. The van der Waals surface area contributed by atoms with E-state index >= 15 is 0 Å². The fraction of sp³-hybridized carbons (Fsp3) is 0.625. The fourth-order valence-electron chi connectivity index (χ4n) is 4.83. The van der Waals surface area contributed by atoms with Crippen LogP contribution in [0.3, 0.4) is 0 Å². The molecule has 0 spiro atoms. The molecule has 2 unspecified atom stereocenters. The van der Waals surface area contributed by atoms with Gasteiger partial charge in [0.15, 0.2) is 0 Å². The van der Waals surface area contributed by atoms with Crippen molar-refractivity contribution in [2.24, 2.45) is 5.92 Å². The van der Waals surface area contributed by atoms with E-state index in [0.717, 1.165) is 17.9 Å². The molecule has 1 aromatic rings. The van der Waals surface area contributed by atoms with Gasteiger partial charge in [0.25, 0.3) is 0 Å². The molecular weight excluding hydrogens is 386 g/mol. The van der Waals surface area contributed by atoms with Gasteiger partial charge in [-0.05, 0) is 86.6 Å². The third-order valence-electron chi connectivity index (χ3n) is 6.36. The molecule has 1 saturated carbocycles. The highest BCUT2D eigenvalue weighted by atomic mass is 31.0. The number of alkyl halides is 1. The van der Waals surface area contributed by atoms with Crippen LogP contribution in [0.1, 0.15) is 82.3 Å². The Kier molecular flexibility index (Phi) is 7.73. The van der Waals surface area contributed by atoms with Crippen LogP contribution in [0.2, 0.25) is 0 Å². The molecule has 2 atom stereocenters. The maximum absolute atomic E-state index is 14.8. The Balaban J connectivity index is 1.77. The van der Waals surface area contributed by atoms with E-state index in [1.807, 2.05) is 12.1 Å². The van der Waals surface area contributed by atoms with Crippen molar-refractivity contribution in [2.45, 2.75) is 83.0 Å². The van der Waals surface area contributed by atoms with Crippen molar-refractivity contribution >= 4 is 15.2 Å². The lowest BCUT2D eigenvalue weighted by Gasteiger charge is -2.22. The van der Waals surface area contributed by atoms with Gasteiger partial charge < -0.3 is 9.84 Å². The summed E-state index contributed by atoms with van der Waals surface area (Å²) in [5.74, 6) is 0.523. The van der Waals surface area contributed by atoms with Gasteiger partial charge in [0.2, 0.25) is 0 Å². The van der Waals surface area contributed by atoms with Crippen LogP contribution >= 0.6 is 9.24 Å². The zero-order chi connectivity index (χ0) is 20.9. The van der Waals surface area contributed by atoms with Gasteiger partial charge in [0.05, 0.1) is 0 Å². The minimum atomic E-state index is -1.62. The number of carboxylic acids is 1. The van der Waals surface area contributed by atoms with Gasteiger partial charge in [-0.3, -0.25) is 4.79 Å². The van der Waals surface area contributed by atoms with Crippen molar-refractivity contribution in [1.29, 1.82) is 0 Å². The number of allylic oxidation sites excluding steroid dienone is 1. The van der Waals surface area contributed by atoms with Crippen molar-refractivity contribution < 1.29 is 19.0 Å². The summed E-state index contributed by atoms with van der Waals surface area (Å²) in [6.45, 7) is 2.06. The number of hydrogen-bond acceptors (Lipinski definition) is 2. The standard InChI is InChI=1S/C24H34FO3P/c1-24(25,29)22-15-20(13-11-18(22)12-14-23(26)27)28-16-19-9-3-2-4-10-21(19)17-7-5-6-8-17/h11,13,15,17H,2-10,12,14,16,29H2,1H3,(H,26,27). The number of benzene rings is 1. The van der Waals surface area contributed by atoms with Crippen LogP contribution < -0.4 is 4.74 Å². The first kappa shape index (κ1) is 22.3. The third-order valence-corrected chi connectivity index (χ3v) is 6.67. The number of ether oxygens (including phenoxy) is 1. The Hall–Kier alpha value is -1.41. The molecule has 3 nitrogen and oxygen atoms in total. The van der Waals surface area contributed by atoms with Crippen LogP contribution in [0.25, 0.3) is 0 Å². The number of aryl methyl sites for hydroxylation is 1. The minimum Gasteiger partial charge on any atom is -0.489 e. The van der Waals surface area contributed by atoms with Crippen LogP contribution in [0.5, 0.6) is 5.75 Å². The summed E-state index contributed by atoms with van der Waals surface area (Å²) < 4.78 is 20.9. The summed E-state index contributed by atoms with van der Waals surface area (Å²) in [6.07, 6.45) is 11.7. The van der Waals surface area contributed by atoms with Crippen molar-refractivity contribution in [1.82, 2.24) is 0 Å². The lowest BCUT2D eigenvalue weighted by atomic mass is 9.89. The van der Waals surface area contributed by atoms with Crippen LogP contribution in [-0.2, 0) is 16.6 Å². The molecule has 0 amide bonds. The van der Waals surface area contributed by atoms with E-state index in [-0.39, 0.29) is 6.42 Å². The minimum absolute atomic E-state index is 0.00835. The summed E-state index contributed by atoms with van der Waals surface area (Å²) in [7, 11) is 2.22. The number of carboxylic acid groups (broad SMARTS) is 1. The number of hydrogen-bond donors (Lipinski definition) is 1. The van der Waals surface area contributed by atoms with E-state index in [1.54, 1.807) is 11.6 Å². The van der Waals surface area contributed by atoms with E-state index in [2.05, 4.69) is 9.24 Å². The molecule has 0 aromatic heterocycles. The summed E-state index contributed by atoms with van der Waals surface area (Å²) in [4.78, 5) is 10.9. The molecule has 5 heteroatoms. The molecule has 1 N–H and O–H groups in total. The fourth-order valence-corrected chi connectivity index (χ4v) is 5.10. The highest BCUT2D eigenvalue weighted by Crippen LogP contribution is 2.39. The monoisotopic (exact) mass is 420 g/mol. The maximum atomic E-state index is 14.8. The Morgan fingerprint density at radius 2 is 1.93 bits per heavy atom. The molecule has 1 aromatic carbocycles. The second kappa shape index (κ2) is 10.1.